The Bertz CT molecular complexity index is 3710. The molecule has 0 saturated carbocycles. The minimum Gasteiger partial charge on any atom is -0.454 e. The molecule has 0 unspecified atom stereocenters. The molecule has 3 aromatic heterocycles. The van der Waals surface area contributed by atoms with E-state index in [4.69, 9.17) is 14.4 Å². The van der Waals surface area contributed by atoms with Crippen molar-refractivity contribution in [2.75, 3.05) is 0 Å². The van der Waals surface area contributed by atoms with E-state index in [1.54, 1.807) is 0 Å². The smallest absolute Gasteiger partial charge is 0.160 e. The van der Waals surface area contributed by atoms with Crippen LogP contribution in [0.25, 0.3) is 105 Å². The normalized spacial score (nSPS) is 13.4. The fraction of sp³-hybridized carbons (Fsp3) is 0.0175. The third-order valence-electron chi connectivity index (χ3n) is 12.7. The van der Waals surface area contributed by atoms with Crippen LogP contribution in [-0.2, 0) is 0 Å². The van der Waals surface area contributed by atoms with Crippen LogP contribution in [-0.4, -0.2) is 14.5 Å². The van der Waals surface area contributed by atoms with Gasteiger partial charge in [-0.25, -0.2) is 9.97 Å². The number of fused-ring (bicyclic) bond motifs is 10. The van der Waals surface area contributed by atoms with Crippen molar-refractivity contribution in [1.29, 1.82) is 0 Å². The van der Waals surface area contributed by atoms with E-state index in [0.29, 0.717) is 5.82 Å². The van der Waals surface area contributed by atoms with E-state index in [2.05, 4.69) is 180 Å². The summed E-state index contributed by atoms with van der Waals surface area (Å²) in [7, 11) is 0. The second kappa shape index (κ2) is 13.2. The summed E-state index contributed by atoms with van der Waals surface area (Å²) in [5.41, 5.74) is 17.8. The zero-order valence-electron chi connectivity index (χ0n) is 33.0. The Morgan fingerprint density at radius 1 is 0.410 bits per heavy atom. The van der Waals surface area contributed by atoms with E-state index in [-0.39, 0.29) is 5.92 Å². The molecule has 0 aliphatic heterocycles. The van der Waals surface area contributed by atoms with Gasteiger partial charge in [0, 0.05) is 44.0 Å². The summed E-state index contributed by atoms with van der Waals surface area (Å²) in [6.07, 6.45) is 0. The summed E-state index contributed by atoms with van der Waals surface area (Å²) in [5, 5.41) is 5.56. The van der Waals surface area contributed by atoms with Crippen LogP contribution >= 0.6 is 0 Å². The summed E-state index contributed by atoms with van der Waals surface area (Å²) in [4.78, 5) is 10.1. The van der Waals surface area contributed by atoms with Crippen LogP contribution in [0.2, 0.25) is 0 Å². The molecule has 0 radical (unpaired) electrons. The van der Waals surface area contributed by atoms with Gasteiger partial charge in [-0.15, -0.1) is 0 Å². The van der Waals surface area contributed by atoms with Gasteiger partial charge in [-0.3, -0.25) is 0 Å². The van der Waals surface area contributed by atoms with Gasteiger partial charge >= 0.3 is 0 Å². The molecule has 0 fully saturated rings. The van der Waals surface area contributed by atoms with Crippen molar-refractivity contribution in [3.63, 3.8) is 0 Å². The molecule has 13 rings (SSSR count). The van der Waals surface area contributed by atoms with E-state index in [1.807, 2.05) is 30.3 Å². The van der Waals surface area contributed by atoms with Crippen molar-refractivity contribution in [2.45, 2.75) is 5.92 Å². The highest BCUT2D eigenvalue weighted by atomic mass is 16.3. The summed E-state index contributed by atoms with van der Waals surface area (Å²) < 4.78 is 9.30. The lowest BCUT2D eigenvalue weighted by atomic mass is 9.89. The Morgan fingerprint density at radius 3 is 2.00 bits per heavy atom. The monoisotopic (exact) mass is 777 g/mol. The number of aromatic nitrogens is 3. The largest absolute Gasteiger partial charge is 0.454 e. The summed E-state index contributed by atoms with van der Waals surface area (Å²) in [6.45, 7) is 0. The Balaban J connectivity index is 0.947. The topological polar surface area (TPSA) is 43.9 Å². The van der Waals surface area contributed by atoms with Gasteiger partial charge in [0.05, 0.1) is 27.9 Å². The molecule has 61 heavy (non-hydrogen) atoms. The number of furan rings is 1. The first-order chi connectivity index (χ1) is 30.2. The zero-order chi connectivity index (χ0) is 40.0. The Labute approximate surface area is 351 Å². The van der Waals surface area contributed by atoms with Crippen LogP contribution in [0, 0.1) is 0 Å². The van der Waals surface area contributed by atoms with Crippen molar-refractivity contribution < 1.29 is 4.42 Å². The molecular weight excluding hydrogens is 743 g/mol. The lowest BCUT2D eigenvalue weighted by molar-refractivity contribution is 0.666. The highest BCUT2D eigenvalue weighted by Gasteiger charge is 2.30. The number of rotatable bonds is 5. The molecule has 0 saturated heterocycles. The third kappa shape index (κ3) is 5.19. The quantitative estimate of drug-likeness (QED) is 0.175. The first kappa shape index (κ1) is 33.8. The maximum atomic E-state index is 6.94. The highest BCUT2D eigenvalue weighted by molar-refractivity contribution is 6.14. The minimum absolute atomic E-state index is 0.231. The highest BCUT2D eigenvalue weighted by Crippen LogP contribution is 2.49. The van der Waals surface area contributed by atoms with Gasteiger partial charge in [0.1, 0.15) is 5.58 Å². The van der Waals surface area contributed by atoms with Gasteiger partial charge in [0.2, 0.25) is 0 Å². The van der Waals surface area contributed by atoms with Crippen LogP contribution < -0.4 is 0 Å². The summed E-state index contributed by atoms with van der Waals surface area (Å²) >= 11 is 0. The molecule has 284 valence electrons. The average molecular weight is 778 g/mol. The molecule has 12 aromatic rings. The first-order valence-electron chi connectivity index (χ1n) is 20.9. The van der Waals surface area contributed by atoms with Crippen molar-refractivity contribution in [1.82, 2.24) is 14.5 Å². The van der Waals surface area contributed by atoms with Crippen molar-refractivity contribution in [3.05, 3.63) is 223 Å². The fourth-order valence-corrected chi connectivity index (χ4v) is 9.92. The van der Waals surface area contributed by atoms with Gasteiger partial charge in [-0.05, 0) is 87.5 Å². The Morgan fingerprint density at radius 2 is 1.10 bits per heavy atom. The standard InChI is InChI=1S/C57H35N3O/c1-3-14-35(15-4-1)54-43-20-8-7-18-40(43)47-32-37(26-30-44(47)54)38-28-31-51-48(33-38)41-19-10-12-24-50(41)60(51)52-25-13-22-45-42-29-27-39(34-53(42)61-56(45)52)55-46-21-9-11-23-49(46)58-57(59-55)36-16-5-2-6-17-36/h1-34,54H/t54-/m1/s1. The SMILES string of the molecule is c1ccc(-c2nc(-c3ccc4c(c3)oc3c(-n5c6ccccc6c6cc(-c7ccc8c(c7)-c7ccccc7[C@H]8c7ccccc7)ccc65)cccc34)c3ccccc3n2)cc1. The van der Waals surface area contributed by atoms with E-state index in [1.165, 1.54) is 49.7 Å². The van der Waals surface area contributed by atoms with Crippen LogP contribution in [0.1, 0.15) is 22.6 Å². The second-order valence-corrected chi connectivity index (χ2v) is 16.1. The van der Waals surface area contributed by atoms with Crippen LogP contribution in [0.3, 0.4) is 0 Å². The lowest BCUT2D eigenvalue weighted by Gasteiger charge is -2.14. The molecular formula is C57H35N3O. The molecule has 4 nitrogen and oxygen atoms in total. The van der Waals surface area contributed by atoms with E-state index in [9.17, 15) is 0 Å². The van der Waals surface area contributed by atoms with E-state index in [0.717, 1.165) is 66.4 Å². The predicted octanol–water partition coefficient (Wildman–Crippen LogP) is 14.8. The molecule has 0 amide bonds. The average Bonchev–Trinajstić information content (AvgIpc) is 3.99. The van der Waals surface area contributed by atoms with Gasteiger partial charge in [-0.2, -0.15) is 0 Å². The van der Waals surface area contributed by atoms with Crippen LogP contribution in [0.5, 0.6) is 0 Å². The van der Waals surface area contributed by atoms with E-state index >= 15 is 0 Å². The Kier molecular flexibility index (Phi) is 7.33. The maximum Gasteiger partial charge on any atom is 0.160 e. The van der Waals surface area contributed by atoms with Gasteiger partial charge in [-0.1, -0.05) is 158 Å². The molecule has 4 heteroatoms. The fourth-order valence-electron chi connectivity index (χ4n) is 9.92. The molecule has 9 aromatic carbocycles. The van der Waals surface area contributed by atoms with Crippen molar-refractivity contribution >= 4 is 54.6 Å². The predicted molar refractivity (Wildman–Crippen MR) is 250 cm³/mol. The molecule has 1 aliphatic rings. The van der Waals surface area contributed by atoms with E-state index < -0.39 is 0 Å². The van der Waals surface area contributed by atoms with Gasteiger partial charge in [0.25, 0.3) is 0 Å². The number of nitrogens with zero attached hydrogens (tertiary/aromatic N) is 3. The summed E-state index contributed by atoms with van der Waals surface area (Å²) in [5.74, 6) is 0.933. The number of benzene rings is 9. The van der Waals surface area contributed by atoms with Crippen molar-refractivity contribution in [3.8, 4) is 50.6 Å². The van der Waals surface area contributed by atoms with Crippen LogP contribution in [0.4, 0.5) is 0 Å². The molecule has 0 bridgehead atoms. The molecule has 0 N–H and O–H groups in total. The number of hydrogen-bond acceptors (Lipinski definition) is 3. The van der Waals surface area contributed by atoms with Crippen molar-refractivity contribution in [2.24, 2.45) is 0 Å². The number of para-hydroxylation sites is 3. The molecule has 1 aliphatic carbocycles. The van der Waals surface area contributed by atoms with Gasteiger partial charge < -0.3 is 8.98 Å². The lowest BCUT2D eigenvalue weighted by Crippen LogP contribution is -1.98. The minimum atomic E-state index is 0.231. The second-order valence-electron chi connectivity index (χ2n) is 16.1. The number of hydrogen-bond donors (Lipinski definition) is 0. The maximum absolute atomic E-state index is 6.94. The summed E-state index contributed by atoms with van der Waals surface area (Å²) in [6, 6.07) is 73.8. The van der Waals surface area contributed by atoms with Gasteiger partial charge in [0.15, 0.2) is 11.4 Å². The zero-order valence-corrected chi connectivity index (χ0v) is 33.0. The van der Waals surface area contributed by atoms with Crippen LogP contribution in [0.15, 0.2) is 211 Å². The molecule has 1 atom stereocenters. The Hall–Kier alpha value is -8.08. The third-order valence-corrected chi connectivity index (χ3v) is 12.7. The first-order valence-corrected chi connectivity index (χ1v) is 20.9. The molecule has 3 heterocycles. The molecule has 0 spiro atoms.